The fourth-order valence-electron chi connectivity index (χ4n) is 1.82. The first kappa shape index (κ1) is 14.5. The number of nitro groups is 1. The number of nitrogens with zero attached hydrogens (tertiary/aromatic N) is 1. The van der Waals surface area contributed by atoms with Crippen LogP contribution in [0.5, 0.6) is 5.75 Å². The van der Waals surface area contributed by atoms with E-state index in [4.69, 9.17) is 4.74 Å². The molecule has 2 aromatic rings. The van der Waals surface area contributed by atoms with Crippen LogP contribution in [-0.4, -0.2) is 17.9 Å². The van der Waals surface area contributed by atoms with Crippen LogP contribution >= 0.6 is 0 Å². The Balaban J connectivity index is 2.26. The number of benzene rings is 2. The highest BCUT2D eigenvalue weighted by Crippen LogP contribution is 2.25. The lowest BCUT2D eigenvalue weighted by molar-refractivity contribution is -0.384. The molecule has 0 radical (unpaired) electrons. The van der Waals surface area contributed by atoms with E-state index in [1.807, 2.05) is 19.1 Å². The summed E-state index contributed by atoms with van der Waals surface area (Å²) in [7, 11) is 1.36. The summed E-state index contributed by atoms with van der Waals surface area (Å²) in [5, 5.41) is 13.4. The van der Waals surface area contributed by atoms with E-state index in [1.54, 1.807) is 12.1 Å². The quantitative estimate of drug-likeness (QED) is 0.691. The molecule has 0 aliphatic rings. The van der Waals surface area contributed by atoms with Gasteiger partial charge < -0.3 is 10.1 Å². The second kappa shape index (κ2) is 6.04. The average Bonchev–Trinajstić information content (AvgIpc) is 2.48. The van der Waals surface area contributed by atoms with Crippen molar-refractivity contribution in [3.8, 4) is 5.75 Å². The fraction of sp³-hybridized carbons (Fsp3) is 0.133. The van der Waals surface area contributed by atoms with Gasteiger partial charge in [0.05, 0.1) is 23.7 Å². The molecule has 0 fully saturated rings. The van der Waals surface area contributed by atoms with Gasteiger partial charge in [-0.25, -0.2) is 0 Å². The van der Waals surface area contributed by atoms with E-state index < -0.39 is 4.92 Å². The third-order valence-electron chi connectivity index (χ3n) is 2.95. The maximum absolute atomic E-state index is 12.2. The summed E-state index contributed by atoms with van der Waals surface area (Å²) in [6.07, 6.45) is 0. The highest BCUT2D eigenvalue weighted by molar-refractivity contribution is 6.06. The Morgan fingerprint density at radius 2 is 1.86 bits per heavy atom. The molecule has 1 amide bonds. The van der Waals surface area contributed by atoms with Gasteiger partial charge in [0.1, 0.15) is 5.75 Å². The summed E-state index contributed by atoms with van der Waals surface area (Å²) in [6, 6.07) is 11.2. The zero-order valence-electron chi connectivity index (χ0n) is 11.6. The van der Waals surface area contributed by atoms with Crippen molar-refractivity contribution >= 4 is 17.3 Å². The summed E-state index contributed by atoms with van der Waals surface area (Å²) in [5.74, 6) is -0.223. The molecule has 2 rings (SSSR count). The highest BCUT2D eigenvalue weighted by atomic mass is 16.6. The maximum atomic E-state index is 12.2. The van der Waals surface area contributed by atoms with E-state index in [2.05, 4.69) is 5.32 Å². The average molecular weight is 286 g/mol. The van der Waals surface area contributed by atoms with Crippen molar-refractivity contribution in [2.45, 2.75) is 6.92 Å². The predicted molar refractivity (Wildman–Crippen MR) is 78.8 cm³/mol. The van der Waals surface area contributed by atoms with Gasteiger partial charge >= 0.3 is 0 Å². The summed E-state index contributed by atoms with van der Waals surface area (Å²) in [6.45, 7) is 1.95. The highest BCUT2D eigenvalue weighted by Gasteiger charge is 2.16. The molecule has 21 heavy (non-hydrogen) atoms. The molecule has 0 aromatic heterocycles. The number of nitro benzene ring substituents is 1. The number of amides is 1. The number of hydrogen-bond donors (Lipinski definition) is 1. The number of ether oxygens (including phenoxy) is 1. The van der Waals surface area contributed by atoms with E-state index in [0.717, 1.165) is 5.56 Å². The molecule has 1 N–H and O–H groups in total. The standard InChI is InChI=1S/C15H14N2O4/c1-10-3-5-11(6-4-10)16-15(18)13-8-7-12(17(19)20)9-14(13)21-2/h3-9H,1-2H3,(H,16,18). The van der Waals surface area contributed by atoms with Crippen molar-refractivity contribution in [1.82, 2.24) is 0 Å². The number of methoxy groups -OCH3 is 1. The van der Waals surface area contributed by atoms with Crippen LogP contribution in [0, 0.1) is 17.0 Å². The molecule has 2 aromatic carbocycles. The molecule has 0 spiro atoms. The van der Waals surface area contributed by atoms with Gasteiger partial charge in [0, 0.05) is 11.8 Å². The lowest BCUT2D eigenvalue weighted by Crippen LogP contribution is -2.13. The summed E-state index contributed by atoms with van der Waals surface area (Å²) in [4.78, 5) is 22.4. The maximum Gasteiger partial charge on any atom is 0.273 e. The first-order valence-electron chi connectivity index (χ1n) is 6.21. The third-order valence-corrected chi connectivity index (χ3v) is 2.95. The Labute approximate surface area is 121 Å². The minimum Gasteiger partial charge on any atom is -0.496 e. The SMILES string of the molecule is COc1cc([N+](=O)[O-])ccc1C(=O)Nc1ccc(C)cc1. The molecule has 0 bridgehead atoms. The van der Waals surface area contributed by atoms with Crippen molar-refractivity contribution in [1.29, 1.82) is 0 Å². The molecule has 6 nitrogen and oxygen atoms in total. The van der Waals surface area contributed by atoms with Crippen molar-refractivity contribution in [2.75, 3.05) is 12.4 Å². The Kier molecular flexibility index (Phi) is 4.18. The number of hydrogen-bond acceptors (Lipinski definition) is 4. The lowest BCUT2D eigenvalue weighted by atomic mass is 10.1. The topological polar surface area (TPSA) is 81.5 Å². The lowest BCUT2D eigenvalue weighted by Gasteiger charge is -2.09. The number of anilines is 1. The monoisotopic (exact) mass is 286 g/mol. The first-order chi connectivity index (χ1) is 10.0. The summed E-state index contributed by atoms with van der Waals surface area (Å²) in [5.41, 5.74) is 1.84. The molecular weight excluding hydrogens is 272 g/mol. The van der Waals surface area contributed by atoms with Crippen molar-refractivity contribution in [3.05, 3.63) is 63.7 Å². The van der Waals surface area contributed by atoms with Crippen LogP contribution in [0.4, 0.5) is 11.4 Å². The van der Waals surface area contributed by atoms with Crippen LogP contribution < -0.4 is 10.1 Å². The number of carbonyl (C=O) groups is 1. The van der Waals surface area contributed by atoms with E-state index in [0.29, 0.717) is 5.69 Å². The summed E-state index contributed by atoms with van der Waals surface area (Å²) >= 11 is 0. The molecule has 108 valence electrons. The molecule has 0 saturated carbocycles. The van der Waals surface area contributed by atoms with Crippen molar-refractivity contribution in [2.24, 2.45) is 0 Å². The second-order valence-electron chi connectivity index (χ2n) is 4.46. The van der Waals surface area contributed by atoms with E-state index in [1.165, 1.54) is 25.3 Å². The van der Waals surface area contributed by atoms with Gasteiger partial charge in [-0.1, -0.05) is 17.7 Å². The minimum atomic E-state index is -0.538. The van der Waals surface area contributed by atoms with Crippen LogP contribution in [0.2, 0.25) is 0 Å². The molecule has 0 aliphatic heterocycles. The Morgan fingerprint density at radius 1 is 1.19 bits per heavy atom. The zero-order valence-corrected chi connectivity index (χ0v) is 11.6. The van der Waals surface area contributed by atoms with E-state index in [-0.39, 0.29) is 22.9 Å². The minimum absolute atomic E-state index is 0.126. The molecule has 6 heteroatoms. The Bertz CT molecular complexity index is 681. The van der Waals surface area contributed by atoms with Crippen molar-refractivity contribution < 1.29 is 14.5 Å². The summed E-state index contributed by atoms with van der Waals surface area (Å²) < 4.78 is 5.05. The van der Waals surface area contributed by atoms with Gasteiger partial charge in [0.25, 0.3) is 11.6 Å². The van der Waals surface area contributed by atoms with Gasteiger partial charge in [0.15, 0.2) is 0 Å². The van der Waals surface area contributed by atoms with Crippen LogP contribution in [-0.2, 0) is 0 Å². The molecule has 0 aliphatic carbocycles. The predicted octanol–water partition coefficient (Wildman–Crippen LogP) is 3.16. The van der Waals surface area contributed by atoms with Gasteiger partial charge in [0.2, 0.25) is 0 Å². The first-order valence-corrected chi connectivity index (χ1v) is 6.21. The van der Waals surface area contributed by atoms with Crippen molar-refractivity contribution in [3.63, 3.8) is 0 Å². The van der Waals surface area contributed by atoms with Crippen LogP contribution in [0.3, 0.4) is 0 Å². The molecule has 0 unspecified atom stereocenters. The largest absolute Gasteiger partial charge is 0.496 e. The Hall–Kier alpha value is -2.89. The molecule has 0 heterocycles. The van der Waals surface area contributed by atoms with Gasteiger partial charge in [-0.3, -0.25) is 14.9 Å². The zero-order chi connectivity index (χ0) is 15.4. The fourth-order valence-corrected chi connectivity index (χ4v) is 1.82. The van der Waals surface area contributed by atoms with E-state index in [9.17, 15) is 14.9 Å². The van der Waals surface area contributed by atoms with Gasteiger partial charge in [-0.15, -0.1) is 0 Å². The number of nitrogens with one attached hydrogen (secondary N) is 1. The molecule has 0 saturated heterocycles. The van der Waals surface area contributed by atoms with Crippen LogP contribution in [0.25, 0.3) is 0 Å². The third kappa shape index (κ3) is 3.36. The van der Waals surface area contributed by atoms with Crippen LogP contribution in [0.15, 0.2) is 42.5 Å². The molecular formula is C15H14N2O4. The number of non-ortho nitro benzene ring substituents is 1. The Morgan fingerprint density at radius 3 is 2.43 bits per heavy atom. The number of aryl methyl sites for hydroxylation is 1. The number of rotatable bonds is 4. The normalized spacial score (nSPS) is 10.0. The molecule has 0 atom stereocenters. The number of carbonyl (C=O) groups excluding carboxylic acids is 1. The van der Waals surface area contributed by atoms with E-state index >= 15 is 0 Å². The smallest absolute Gasteiger partial charge is 0.273 e. The van der Waals surface area contributed by atoms with Gasteiger partial charge in [-0.05, 0) is 25.1 Å². The van der Waals surface area contributed by atoms with Gasteiger partial charge in [-0.2, -0.15) is 0 Å². The van der Waals surface area contributed by atoms with Crippen LogP contribution in [0.1, 0.15) is 15.9 Å². The second-order valence-corrected chi connectivity index (χ2v) is 4.46.